The predicted molar refractivity (Wildman–Crippen MR) is 85.3 cm³/mol. The van der Waals surface area contributed by atoms with E-state index in [0.29, 0.717) is 11.3 Å². The van der Waals surface area contributed by atoms with Gasteiger partial charge in [0.1, 0.15) is 12.4 Å². The zero-order valence-corrected chi connectivity index (χ0v) is 12.9. The van der Waals surface area contributed by atoms with Gasteiger partial charge in [-0.15, -0.1) is 0 Å². The number of benzene rings is 1. The first kappa shape index (κ1) is 17.4. The molecular weight excluding hydrogens is 312 g/mol. The van der Waals surface area contributed by atoms with Gasteiger partial charge in [0.2, 0.25) is 5.91 Å². The van der Waals surface area contributed by atoms with Crippen LogP contribution in [0.2, 0.25) is 0 Å². The standard InChI is InChI=1S/C16H18N4O4/c17-7-6-14(21)19-13(16(23)24)8-12-9-20(10-18-12)15(22)11-4-2-1-3-5-11/h1-5,9-10,13H,6-8,17H2,(H,19,21)(H,23,24). The lowest BCUT2D eigenvalue weighted by molar-refractivity contribution is -0.141. The summed E-state index contributed by atoms with van der Waals surface area (Å²) in [5.74, 6) is -1.89. The van der Waals surface area contributed by atoms with E-state index < -0.39 is 17.9 Å². The van der Waals surface area contributed by atoms with Gasteiger partial charge in [0.05, 0.1) is 5.69 Å². The minimum absolute atomic E-state index is 0.0271. The van der Waals surface area contributed by atoms with E-state index in [9.17, 15) is 19.5 Å². The number of carbonyl (C=O) groups excluding carboxylic acids is 2. The molecule has 4 N–H and O–H groups in total. The topological polar surface area (TPSA) is 127 Å². The SMILES string of the molecule is NCCC(=O)NC(Cc1cn(C(=O)c2ccccc2)cn1)C(=O)O. The van der Waals surface area contributed by atoms with E-state index in [-0.39, 0.29) is 25.3 Å². The van der Waals surface area contributed by atoms with Crippen LogP contribution in [0.25, 0.3) is 0 Å². The smallest absolute Gasteiger partial charge is 0.326 e. The van der Waals surface area contributed by atoms with Gasteiger partial charge in [-0.2, -0.15) is 0 Å². The number of carboxylic acid groups (broad SMARTS) is 1. The lowest BCUT2D eigenvalue weighted by atomic mass is 10.1. The van der Waals surface area contributed by atoms with E-state index in [4.69, 9.17) is 5.73 Å². The van der Waals surface area contributed by atoms with Crippen LogP contribution < -0.4 is 11.1 Å². The lowest BCUT2D eigenvalue weighted by Crippen LogP contribution is -2.42. The van der Waals surface area contributed by atoms with Crippen LogP contribution in [-0.4, -0.2) is 45.0 Å². The normalized spacial score (nSPS) is 11.7. The van der Waals surface area contributed by atoms with Gasteiger partial charge in [0.25, 0.3) is 5.91 Å². The number of aromatic nitrogens is 2. The minimum Gasteiger partial charge on any atom is -0.480 e. The molecule has 1 heterocycles. The number of hydrogen-bond acceptors (Lipinski definition) is 5. The Morgan fingerprint density at radius 3 is 2.58 bits per heavy atom. The van der Waals surface area contributed by atoms with Crippen molar-refractivity contribution in [2.45, 2.75) is 18.9 Å². The van der Waals surface area contributed by atoms with Gasteiger partial charge < -0.3 is 16.2 Å². The molecule has 1 unspecified atom stereocenters. The molecule has 1 aromatic heterocycles. The summed E-state index contributed by atoms with van der Waals surface area (Å²) in [6.45, 7) is 0.137. The fourth-order valence-electron chi connectivity index (χ4n) is 2.12. The zero-order chi connectivity index (χ0) is 17.5. The maximum absolute atomic E-state index is 12.3. The molecule has 1 atom stereocenters. The molecule has 0 aliphatic rings. The second-order valence-electron chi connectivity index (χ2n) is 5.14. The van der Waals surface area contributed by atoms with Gasteiger partial charge in [-0.25, -0.2) is 9.78 Å². The van der Waals surface area contributed by atoms with Gasteiger partial charge in [0.15, 0.2) is 0 Å². The molecule has 1 aromatic carbocycles. The Kier molecular flexibility index (Phi) is 5.80. The third-order valence-electron chi connectivity index (χ3n) is 3.31. The second-order valence-corrected chi connectivity index (χ2v) is 5.14. The Balaban J connectivity index is 2.07. The summed E-state index contributed by atoms with van der Waals surface area (Å²) < 4.78 is 1.28. The molecule has 0 saturated heterocycles. The molecule has 0 aliphatic carbocycles. The van der Waals surface area contributed by atoms with E-state index in [1.807, 2.05) is 0 Å². The van der Waals surface area contributed by atoms with Gasteiger partial charge in [-0.05, 0) is 12.1 Å². The molecule has 0 saturated carbocycles. The maximum Gasteiger partial charge on any atom is 0.326 e. The van der Waals surface area contributed by atoms with E-state index >= 15 is 0 Å². The molecular formula is C16H18N4O4. The number of amides is 1. The van der Waals surface area contributed by atoms with Crippen LogP contribution in [0.15, 0.2) is 42.9 Å². The Labute approximate surface area is 138 Å². The van der Waals surface area contributed by atoms with Crippen molar-refractivity contribution in [1.29, 1.82) is 0 Å². The van der Waals surface area contributed by atoms with Crippen LogP contribution >= 0.6 is 0 Å². The first-order valence-electron chi connectivity index (χ1n) is 7.36. The number of hydrogen-bond donors (Lipinski definition) is 3. The number of carbonyl (C=O) groups is 3. The predicted octanol–water partition coefficient (Wildman–Crippen LogP) is 0.0323. The van der Waals surface area contributed by atoms with Crippen LogP contribution in [-0.2, 0) is 16.0 Å². The summed E-state index contributed by atoms with van der Waals surface area (Å²) in [6, 6.07) is 7.53. The number of rotatable bonds is 7. The second kappa shape index (κ2) is 8.02. The first-order chi connectivity index (χ1) is 11.5. The Hall–Kier alpha value is -3.00. The van der Waals surface area contributed by atoms with Crippen LogP contribution in [0.3, 0.4) is 0 Å². The van der Waals surface area contributed by atoms with Gasteiger partial charge in [-0.1, -0.05) is 18.2 Å². The molecule has 24 heavy (non-hydrogen) atoms. The highest BCUT2D eigenvalue weighted by atomic mass is 16.4. The Bertz CT molecular complexity index is 727. The fourth-order valence-corrected chi connectivity index (χ4v) is 2.12. The van der Waals surface area contributed by atoms with Crippen molar-refractivity contribution in [2.75, 3.05) is 6.54 Å². The van der Waals surface area contributed by atoms with Gasteiger partial charge in [-0.3, -0.25) is 14.2 Å². The zero-order valence-electron chi connectivity index (χ0n) is 12.9. The number of nitrogens with zero attached hydrogens (tertiary/aromatic N) is 2. The number of imidazole rings is 1. The Morgan fingerprint density at radius 2 is 1.96 bits per heavy atom. The molecule has 0 radical (unpaired) electrons. The van der Waals surface area contributed by atoms with Crippen LogP contribution in [0, 0.1) is 0 Å². The highest BCUT2D eigenvalue weighted by molar-refractivity contribution is 5.95. The molecule has 8 nitrogen and oxygen atoms in total. The minimum atomic E-state index is -1.18. The van der Waals surface area contributed by atoms with E-state index in [0.717, 1.165) is 0 Å². The lowest BCUT2D eigenvalue weighted by Gasteiger charge is -2.12. The van der Waals surface area contributed by atoms with Crippen molar-refractivity contribution in [3.63, 3.8) is 0 Å². The van der Waals surface area contributed by atoms with Crippen molar-refractivity contribution in [3.8, 4) is 0 Å². The van der Waals surface area contributed by atoms with Crippen LogP contribution in [0.4, 0.5) is 0 Å². The van der Waals surface area contributed by atoms with E-state index in [1.54, 1.807) is 30.3 Å². The molecule has 0 fully saturated rings. The summed E-state index contributed by atoms with van der Waals surface area (Å²) in [5.41, 5.74) is 6.15. The van der Waals surface area contributed by atoms with Crippen molar-refractivity contribution in [1.82, 2.24) is 14.9 Å². The van der Waals surface area contributed by atoms with Gasteiger partial charge >= 0.3 is 5.97 Å². The monoisotopic (exact) mass is 330 g/mol. The molecule has 0 spiro atoms. The summed E-state index contributed by atoms with van der Waals surface area (Å²) in [7, 11) is 0. The highest BCUT2D eigenvalue weighted by Crippen LogP contribution is 2.06. The fraction of sp³-hybridized carbons (Fsp3) is 0.250. The third-order valence-corrected chi connectivity index (χ3v) is 3.31. The van der Waals surface area contributed by atoms with Crippen molar-refractivity contribution in [2.24, 2.45) is 5.73 Å². The first-order valence-corrected chi connectivity index (χ1v) is 7.36. The number of carboxylic acids is 1. The molecule has 2 aromatic rings. The summed E-state index contributed by atoms with van der Waals surface area (Å²) in [4.78, 5) is 39.1. The summed E-state index contributed by atoms with van der Waals surface area (Å²) in [6.07, 6.45) is 2.80. The van der Waals surface area contributed by atoms with Crippen molar-refractivity contribution in [3.05, 3.63) is 54.1 Å². The molecule has 8 heteroatoms. The number of nitrogens with one attached hydrogen (secondary N) is 1. The molecule has 126 valence electrons. The largest absolute Gasteiger partial charge is 0.480 e. The number of aliphatic carboxylic acids is 1. The maximum atomic E-state index is 12.3. The number of nitrogens with two attached hydrogens (primary N) is 1. The molecule has 0 aliphatic heterocycles. The van der Waals surface area contributed by atoms with Crippen LogP contribution in [0.5, 0.6) is 0 Å². The van der Waals surface area contributed by atoms with Crippen LogP contribution in [0.1, 0.15) is 22.5 Å². The van der Waals surface area contributed by atoms with E-state index in [2.05, 4.69) is 10.3 Å². The molecule has 2 rings (SSSR count). The molecule has 1 amide bonds. The summed E-state index contributed by atoms with van der Waals surface area (Å²) >= 11 is 0. The average Bonchev–Trinajstić information content (AvgIpc) is 3.03. The van der Waals surface area contributed by atoms with Crippen molar-refractivity contribution < 1.29 is 19.5 Å². The highest BCUT2D eigenvalue weighted by Gasteiger charge is 2.21. The Morgan fingerprint density at radius 1 is 1.25 bits per heavy atom. The quantitative estimate of drug-likeness (QED) is 0.657. The van der Waals surface area contributed by atoms with E-state index in [1.165, 1.54) is 17.1 Å². The van der Waals surface area contributed by atoms with Crippen molar-refractivity contribution >= 4 is 17.8 Å². The third kappa shape index (κ3) is 4.50. The average molecular weight is 330 g/mol. The van der Waals surface area contributed by atoms with Gasteiger partial charge in [0, 0.05) is 31.1 Å². The molecule has 0 bridgehead atoms. The summed E-state index contributed by atoms with van der Waals surface area (Å²) in [5, 5.41) is 11.6.